The van der Waals surface area contributed by atoms with Crippen LogP contribution >= 0.6 is 0 Å². The second-order valence-corrected chi connectivity index (χ2v) is 12.8. The third-order valence-electron chi connectivity index (χ3n) is 7.89. The zero-order valence-electron chi connectivity index (χ0n) is 21.9. The predicted molar refractivity (Wildman–Crippen MR) is 137 cm³/mol. The van der Waals surface area contributed by atoms with Gasteiger partial charge in [-0.3, -0.25) is 9.69 Å². The van der Waals surface area contributed by atoms with Gasteiger partial charge in [0.25, 0.3) is 0 Å². The lowest BCUT2D eigenvalue weighted by molar-refractivity contribution is -0.148. The minimum absolute atomic E-state index is 0.00979. The molecular weight excluding hydrogens is 462 g/mol. The fourth-order valence-electron chi connectivity index (χ4n) is 5.66. The van der Waals surface area contributed by atoms with Crippen LogP contribution in [-0.2, 0) is 19.4 Å². The summed E-state index contributed by atoms with van der Waals surface area (Å²) < 4.78 is 31.1. The summed E-state index contributed by atoms with van der Waals surface area (Å²) in [6.45, 7) is 12.9. The molecule has 2 aliphatic rings. The molecule has 0 unspecified atom stereocenters. The third-order valence-corrected chi connectivity index (χ3v) is 9.60. The minimum Gasteiger partial charge on any atom is -0.457 e. The zero-order valence-corrected chi connectivity index (χ0v) is 22.7. The molecule has 0 bridgehead atoms. The van der Waals surface area contributed by atoms with Gasteiger partial charge >= 0.3 is 5.97 Å². The molecule has 3 rings (SSSR count). The van der Waals surface area contributed by atoms with Crippen LogP contribution in [0.4, 0.5) is 0 Å². The maximum absolute atomic E-state index is 12.8. The van der Waals surface area contributed by atoms with Crippen molar-refractivity contribution in [1.29, 1.82) is 0 Å². The standard InChI is InChI=1S/C28H41NO5S/c1-19(2)29(14-15-35(32,33)24-10-8-7-9-11-24)18-21(4)25-13-12-22(5)28(31)17-27(34-23(6)30)20(3)16-26(25)28/h7-11,16,19,21-22,25-27,31H,12-15,18H2,1-6H3/t21-,22-,25+,26-,27-,28-/m1/s1. The SMILES string of the molecule is CC(=O)O[C@@H]1[C][C@@]2(O)[C@H](C)CC[C@@H]([C@H](C)CN(CCS(=O)(=O)c3ccccc3)C(C)C)[C@H]2C=C1C. The van der Waals surface area contributed by atoms with Gasteiger partial charge in [0.1, 0.15) is 6.10 Å². The Morgan fingerprint density at radius 3 is 2.49 bits per heavy atom. The summed E-state index contributed by atoms with van der Waals surface area (Å²) in [5.41, 5.74) is -0.258. The molecule has 0 aromatic heterocycles. The summed E-state index contributed by atoms with van der Waals surface area (Å²) in [7, 11) is -3.35. The van der Waals surface area contributed by atoms with Gasteiger partial charge in [0.15, 0.2) is 9.84 Å². The van der Waals surface area contributed by atoms with E-state index in [1.165, 1.54) is 6.92 Å². The van der Waals surface area contributed by atoms with Crippen LogP contribution in [0.2, 0.25) is 0 Å². The molecule has 1 fully saturated rings. The van der Waals surface area contributed by atoms with Crippen molar-refractivity contribution in [3.05, 3.63) is 48.4 Å². The smallest absolute Gasteiger partial charge is 0.303 e. The van der Waals surface area contributed by atoms with E-state index in [0.717, 1.165) is 25.0 Å². The monoisotopic (exact) mass is 503 g/mol. The molecule has 0 amide bonds. The van der Waals surface area contributed by atoms with Gasteiger partial charge in [-0.2, -0.15) is 0 Å². The van der Waals surface area contributed by atoms with E-state index < -0.39 is 21.5 Å². The maximum atomic E-state index is 12.8. The van der Waals surface area contributed by atoms with E-state index in [0.29, 0.717) is 11.4 Å². The van der Waals surface area contributed by atoms with Crippen LogP contribution in [0.3, 0.4) is 0 Å². The molecule has 1 N–H and O–H groups in total. The number of carbonyl (C=O) groups excluding carboxylic acids is 1. The van der Waals surface area contributed by atoms with Gasteiger partial charge in [-0.15, -0.1) is 0 Å². The van der Waals surface area contributed by atoms with Gasteiger partial charge < -0.3 is 9.84 Å². The second kappa shape index (κ2) is 11.1. The number of sulfone groups is 1. The van der Waals surface area contributed by atoms with Crippen LogP contribution in [0.15, 0.2) is 46.9 Å². The first-order valence-electron chi connectivity index (χ1n) is 12.7. The van der Waals surface area contributed by atoms with Gasteiger partial charge in [0, 0.05) is 32.0 Å². The quantitative estimate of drug-likeness (QED) is 0.402. The molecule has 35 heavy (non-hydrogen) atoms. The van der Waals surface area contributed by atoms with Crippen LogP contribution in [0.1, 0.15) is 54.4 Å². The minimum atomic E-state index is -3.35. The highest BCUT2D eigenvalue weighted by molar-refractivity contribution is 7.91. The van der Waals surface area contributed by atoms with Gasteiger partial charge in [0.05, 0.1) is 22.7 Å². The van der Waals surface area contributed by atoms with Gasteiger partial charge in [-0.05, 0) is 69.1 Å². The Labute approximate surface area is 211 Å². The first-order valence-corrected chi connectivity index (χ1v) is 14.4. The van der Waals surface area contributed by atoms with Gasteiger partial charge in [-0.1, -0.05) is 38.1 Å². The average Bonchev–Trinajstić information content (AvgIpc) is 2.79. The average molecular weight is 504 g/mol. The van der Waals surface area contributed by atoms with Crippen molar-refractivity contribution in [2.75, 3.05) is 18.8 Å². The highest BCUT2D eigenvalue weighted by atomic mass is 32.2. The number of benzene rings is 1. The third kappa shape index (κ3) is 6.36. The highest BCUT2D eigenvalue weighted by Gasteiger charge is 2.53. The van der Waals surface area contributed by atoms with Gasteiger partial charge in [0.2, 0.25) is 0 Å². The number of ether oxygens (including phenoxy) is 1. The molecule has 1 saturated carbocycles. The van der Waals surface area contributed by atoms with Crippen molar-refractivity contribution in [1.82, 2.24) is 4.90 Å². The molecule has 0 aliphatic heterocycles. The lowest BCUT2D eigenvalue weighted by Gasteiger charge is -2.52. The number of rotatable bonds is 9. The summed E-state index contributed by atoms with van der Waals surface area (Å²) in [5.74, 6) is 0.0250. The summed E-state index contributed by atoms with van der Waals surface area (Å²) in [6.07, 6.45) is 6.54. The van der Waals surface area contributed by atoms with Crippen LogP contribution in [0.5, 0.6) is 0 Å². The number of hydrogen-bond donors (Lipinski definition) is 1. The van der Waals surface area contributed by atoms with E-state index in [-0.39, 0.29) is 41.4 Å². The van der Waals surface area contributed by atoms with E-state index in [9.17, 15) is 18.3 Å². The van der Waals surface area contributed by atoms with E-state index >= 15 is 0 Å². The lowest BCUT2D eigenvalue weighted by Crippen LogP contribution is -2.57. The second-order valence-electron chi connectivity index (χ2n) is 10.7. The van der Waals surface area contributed by atoms with E-state index in [4.69, 9.17) is 4.74 Å². The molecule has 6 nitrogen and oxygen atoms in total. The molecule has 1 aromatic carbocycles. The van der Waals surface area contributed by atoms with Crippen molar-refractivity contribution in [3.8, 4) is 0 Å². The molecule has 0 spiro atoms. The number of nitrogens with zero attached hydrogens (tertiary/aromatic N) is 1. The molecule has 194 valence electrons. The van der Waals surface area contributed by atoms with Crippen LogP contribution < -0.4 is 0 Å². The number of hydrogen-bond acceptors (Lipinski definition) is 6. The number of fused-ring (bicyclic) bond motifs is 1. The van der Waals surface area contributed by atoms with E-state index in [1.807, 2.05) is 19.9 Å². The van der Waals surface area contributed by atoms with E-state index in [2.05, 4.69) is 38.2 Å². The molecule has 1 aromatic rings. The van der Waals surface area contributed by atoms with Crippen molar-refractivity contribution >= 4 is 15.8 Å². The molecule has 6 atom stereocenters. The number of carbonyl (C=O) groups is 1. The summed E-state index contributed by atoms with van der Waals surface area (Å²) in [5, 5.41) is 11.7. The Kier molecular flexibility index (Phi) is 8.87. The van der Waals surface area contributed by atoms with E-state index in [1.54, 1.807) is 24.3 Å². The normalized spacial score (nSPS) is 30.0. The van der Waals surface area contributed by atoms with Crippen molar-refractivity contribution < 1.29 is 23.1 Å². The lowest BCUT2D eigenvalue weighted by atomic mass is 9.57. The number of esters is 1. The first-order chi connectivity index (χ1) is 16.3. The molecule has 2 aliphatic carbocycles. The predicted octanol–water partition coefficient (Wildman–Crippen LogP) is 4.17. The largest absolute Gasteiger partial charge is 0.457 e. The van der Waals surface area contributed by atoms with Crippen molar-refractivity contribution in [2.45, 2.75) is 77.0 Å². The number of aliphatic hydroxyl groups is 1. The maximum Gasteiger partial charge on any atom is 0.303 e. The van der Waals surface area contributed by atoms with Crippen LogP contribution in [-0.4, -0.2) is 61.0 Å². The fourth-order valence-corrected chi connectivity index (χ4v) is 6.94. The molecular formula is C28H41NO5S. The molecule has 2 radical (unpaired) electrons. The van der Waals surface area contributed by atoms with Crippen LogP contribution in [0, 0.1) is 30.1 Å². The summed E-state index contributed by atoms with van der Waals surface area (Å²) >= 11 is 0. The van der Waals surface area contributed by atoms with Gasteiger partial charge in [-0.25, -0.2) is 8.42 Å². The molecule has 0 saturated heterocycles. The highest BCUT2D eigenvalue weighted by Crippen LogP contribution is 2.50. The summed E-state index contributed by atoms with van der Waals surface area (Å²) in [6, 6.07) is 8.81. The first kappa shape index (κ1) is 27.9. The van der Waals surface area contributed by atoms with Crippen LogP contribution in [0.25, 0.3) is 0 Å². The Bertz CT molecular complexity index is 1010. The Morgan fingerprint density at radius 2 is 1.89 bits per heavy atom. The topological polar surface area (TPSA) is 83.9 Å². The zero-order chi connectivity index (χ0) is 26.0. The Morgan fingerprint density at radius 1 is 1.23 bits per heavy atom. The van der Waals surface area contributed by atoms with Crippen molar-refractivity contribution in [3.63, 3.8) is 0 Å². The molecule has 7 heteroatoms. The fraction of sp³-hybridized carbons (Fsp3) is 0.643. The van der Waals surface area contributed by atoms with Crippen molar-refractivity contribution in [2.24, 2.45) is 23.7 Å². The Hall–Kier alpha value is -1.70. The Balaban J connectivity index is 1.75. The molecule has 0 heterocycles. The summed E-state index contributed by atoms with van der Waals surface area (Å²) in [4.78, 5) is 14.2.